The summed E-state index contributed by atoms with van der Waals surface area (Å²) in [6.45, 7) is 7.75. The van der Waals surface area contributed by atoms with Gasteiger partial charge in [-0.05, 0) is 119 Å². The minimum Gasteiger partial charge on any atom is -0.365 e. The lowest BCUT2D eigenvalue weighted by molar-refractivity contribution is -0.318. The van der Waals surface area contributed by atoms with E-state index in [0.29, 0.717) is 0 Å². The molecule has 2 fully saturated rings. The molecular weight excluding hydrogens is 637 g/mol. The molecule has 4 heteroatoms. The first-order valence-corrected chi connectivity index (χ1v) is 22.2. The van der Waals surface area contributed by atoms with E-state index < -0.39 is 5.79 Å². The summed E-state index contributed by atoms with van der Waals surface area (Å²) < 4.78 is 6.53. The first-order chi connectivity index (χ1) is 25.6. The van der Waals surface area contributed by atoms with Crippen molar-refractivity contribution in [2.45, 2.75) is 199 Å². The molecule has 0 radical (unpaired) electrons. The molecule has 1 saturated carbocycles. The van der Waals surface area contributed by atoms with Gasteiger partial charge in [0.1, 0.15) is 0 Å². The maximum atomic E-state index is 11.6. The number of rotatable bonds is 31. The van der Waals surface area contributed by atoms with Crippen LogP contribution in [0.4, 0.5) is 0 Å². The molecule has 2 aliphatic rings. The predicted molar refractivity (Wildman–Crippen MR) is 225 cm³/mol. The molecule has 294 valence electrons. The molecule has 1 aliphatic carbocycles. The number of hydrogen-bond donors (Lipinski definition) is 1. The highest BCUT2D eigenvalue weighted by Gasteiger charge is 2.54. The molecule has 1 saturated heterocycles. The summed E-state index contributed by atoms with van der Waals surface area (Å²) in [5, 5.41) is 11.6. The van der Waals surface area contributed by atoms with Crippen LogP contribution in [-0.4, -0.2) is 46.5 Å². The van der Waals surface area contributed by atoms with Crippen molar-refractivity contribution in [1.82, 2.24) is 9.88 Å². The van der Waals surface area contributed by atoms with E-state index in [1.165, 1.54) is 134 Å². The molecule has 0 aromatic carbocycles. The highest BCUT2D eigenvalue weighted by atomic mass is 16.6. The molecule has 3 rings (SSSR count). The molecule has 1 aromatic rings. The fraction of sp³-hybridized carbons (Fsp3) is 0.729. The molecule has 2 heterocycles. The van der Waals surface area contributed by atoms with Gasteiger partial charge in [0.15, 0.2) is 5.79 Å². The topological polar surface area (TPSA) is 45.6 Å². The SMILES string of the molecule is CCCCC/C=C\C/C=C\CCCCCCC1(CCCCCC/C=C\C/C=C\CCCCC)CC(O)(OC2CCN(CCc3ccncc3)CC2)C1. The van der Waals surface area contributed by atoms with E-state index in [4.69, 9.17) is 4.74 Å². The van der Waals surface area contributed by atoms with Crippen LogP contribution in [0.25, 0.3) is 0 Å². The number of allylic oxidation sites excluding steroid dienone is 8. The Labute approximate surface area is 321 Å². The van der Waals surface area contributed by atoms with Crippen LogP contribution in [-0.2, 0) is 11.2 Å². The van der Waals surface area contributed by atoms with Crippen molar-refractivity contribution in [3.05, 3.63) is 78.7 Å². The van der Waals surface area contributed by atoms with Gasteiger partial charge < -0.3 is 14.7 Å². The Kier molecular flexibility index (Phi) is 24.3. The molecule has 0 atom stereocenters. The van der Waals surface area contributed by atoms with E-state index in [1.807, 2.05) is 12.4 Å². The van der Waals surface area contributed by atoms with Crippen molar-refractivity contribution >= 4 is 0 Å². The third kappa shape index (κ3) is 20.4. The summed E-state index contributed by atoms with van der Waals surface area (Å²) in [6.07, 6.45) is 55.5. The number of nitrogens with zero attached hydrogens (tertiary/aromatic N) is 2. The second-order valence-electron chi connectivity index (χ2n) is 16.3. The Hall–Kier alpha value is -2.01. The molecule has 52 heavy (non-hydrogen) atoms. The van der Waals surface area contributed by atoms with Crippen LogP contribution in [0.3, 0.4) is 0 Å². The van der Waals surface area contributed by atoms with E-state index in [0.717, 1.165) is 64.6 Å². The van der Waals surface area contributed by atoms with Crippen LogP contribution >= 0.6 is 0 Å². The third-order valence-corrected chi connectivity index (χ3v) is 11.5. The van der Waals surface area contributed by atoms with Gasteiger partial charge in [0.05, 0.1) is 6.10 Å². The summed E-state index contributed by atoms with van der Waals surface area (Å²) in [5.74, 6) is -0.908. The molecule has 0 amide bonds. The Morgan fingerprint density at radius 2 is 1.12 bits per heavy atom. The number of pyridine rings is 1. The normalized spacial score (nSPS) is 18.1. The van der Waals surface area contributed by atoms with Gasteiger partial charge in [-0.25, -0.2) is 0 Å². The van der Waals surface area contributed by atoms with Crippen molar-refractivity contribution in [2.75, 3.05) is 19.6 Å². The van der Waals surface area contributed by atoms with Crippen LogP contribution in [0.15, 0.2) is 73.1 Å². The lowest BCUT2D eigenvalue weighted by atomic mass is 9.59. The minimum absolute atomic E-state index is 0.189. The molecule has 1 aliphatic heterocycles. The zero-order chi connectivity index (χ0) is 36.8. The standard InChI is InChI=1S/C48H80N2O2/c1-3-5-7-9-11-13-15-17-19-21-23-25-27-29-36-47(37-30-28-26-24-22-20-18-16-14-12-10-8-6-4-2)43-48(51,44-47)52-46-34-41-50(42-35-46)40-33-45-31-38-49-39-32-45/h11-14,17-20,31-32,38-39,46,51H,3-10,15-16,21-30,33-37,40-44H2,1-2H3/b13-11-,14-12-,19-17-,20-18-. The number of aliphatic hydroxyl groups is 1. The zero-order valence-electron chi connectivity index (χ0n) is 34.0. The second kappa shape index (κ2) is 28.4. The van der Waals surface area contributed by atoms with Gasteiger partial charge in [0, 0.05) is 44.9 Å². The van der Waals surface area contributed by atoms with Gasteiger partial charge >= 0.3 is 0 Å². The monoisotopic (exact) mass is 717 g/mol. The van der Waals surface area contributed by atoms with Gasteiger partial charge in [0.2, 0.25) is 0 Å². The zero-order valence-corrected chi connectivity index (χ0v) is 34.0. The Balaban J connectivity index is 1.33. The summed E-state index contributed by atoms with van der Waals surface area (Å²) in [6, 6.07) is 4.24. The summed E-state index contributed by atoms with van der Waals surface area (Å²) in [4.78, 5) is 6.70. The molecular formula is C48H80N2O2. The lowest BCUT2D eigenvalue weighted by Gasteiger charge is -2.55. The van der Waals surface area contributed by atoms with Crippen molar-refractivity contribution in [2.24, 2.45) is 5.41 Å². The summed E-state index contributed by atoms with van der Waals surface area (Å²) in [7, 11) is 0. The highest BCUT2D eigenvalue weighted by molar-refractivity contribution is 5.10. The highest BCUT2D eigenvalue weighted by Crippen LogP contribution is 2.56. The summed E-state index contributed by atoms with van der Waals surface area (Å²) in [5.41, 5.74) is 1.63. The van der Waals surface area contributed by atoms with Crippen molar-refractivity contribution < 1.29 is 9.84 Å². The predicted octanol–water partition coefficient (Wildman–Crippen LogP) is 13.4. The van der Waals surface area contributed by atoms with Crippen LogP contribution in [0.5, 0.6) is 0 Å². The smallest absolute Gasteiger partial charge is 0.166 e. The van der Waals surface area contributed by atoms with Crippen molar-refractivity contribution in [3.63, 3.8) is 0 Å². The maximum absolute atomic E-state index is 11.6. The van der Waals surface area contributed by atoms with Gasteiger partial charge in [0.25, 0.3) is 0 Å². The van der Waals surface area contributed by atoms with Crippen LogP contribution in [0, 0.1) is 5.41 Å². The number of aromatic nitrogens is 1. The average molecular weight is 717 g/mol. The van der Waals surface area contributed by atoms with E-state index in [1.54, 1.807) is 0 Å². The number of piperidine rings is 1. The quantitative estimate of drug-likeness (QED) is 0.0472. The van der Waals surface area contributed by atoms with Gasteiger partial charge in [-0.15, -0.1) is 0 Å². The summed E-state index contributed by atoms with van der Waals surface area (Å²) >= 11 is 0. The third-order valence-electron chi connectivity index (χ3n) is 11.5. The van der Waals surface area contributed by atoms with Crippen LogP contribution in [0.2, 0.25) is 0 Å². The van der Waals surface area contributed by atoms with Crippen LogP contribution < -0.4 is 0 Å². The molecule has 1 N–H and O–H groups in total. The van der Waals surface area contributed by atoms with Gasteiger partial charge in [-0.1, -0.05) is 127 Å². The number of unbranched alkanes of at least 4 members (excludes halogenated alkanes) is 14. The van der Waals surface area contributed by atoms with E-state index >= 15 is 0 Å². The Bertz CT molecular complexity index is 1050. The number of likely N-dealkylation sites (tertiary alicyclic amines) is 1. The minimum atomic E-state index is -0.908. The van der Waals surface area contributed by atoms with E-state index in [2.05, 4.69) is 84.5 Å². The van der Waals surface area contributed by atoms with E-state index in [9.17, 15) is 5.11 Å². The molecule has 0 bridgehead atoms. The Morgan fingerprint density at radius 3 is 1.60 bits per heavy atom. The first-order valence-electron chi connectivity index (χ1n) is 22.2. The van der Waals surface area contributed by atoms with Crippen molar-refractivity contribution in [1.29, 1.82) is 0 Å². The lowest BCUT2D eigenvalue weighted by Crippen LogP contribution is -2.56. The van der Waals surface area contributed by atoms with Crippen molar-refractivity contribution in [3.8, 4) is 0 Å². The van der Waals surface area contributed by atoms with Crippen LogP contribution in [0.1, 0.15) is 186 Å². The first kappa shape index (κ1) is 44.4. The fourth-order valence-corrected chi connectivity index (χ4v) is 8.35. The maximum Gasteiger partial charge on any atom is 0.166 e. The molecule has 0 spiro atoms. The fourth-order valence-electron chi connectivity index (χ4n) is 8.35. The molecule has 4 nitrogen and oxygen atoms in total. The molecule has 1 aromatic heterocycles. The van der Waals surface area contributed by atoms with Gasteiger partial charge in [-0.2, -0.15) is 0 Å². The second-order valence-corrected chi connectivity index (χ2v) is 16.3. The molecule has 0 unspecified atom stereocenters. The van der Waals surface area contributed by atoms with E-state index in [-0.39, 0.29) is 11.5 Å². The number of hydrogen-bond acceptors (Lipinski definition) is 4. The number of ether oxygens (including phenoxy) is 1. The average Bonchev–Trinajstić information content (AvgIpc) is 3.14. The Morgan fingerprint density at radius 1 is 0.654 bits per heavy atom. The van der Waals surface area contributed by atoms with Gasteiger partial charge in [-0.3, -0.25) is 4.98 Å². The largest absolute Gasteiger partial charge is 0.365 e.